The molecule has 4 heterocycles. The normalized spacial score (nSPS) is 14.2. The van der Waals surface area contributed by atoms with Crippen molar-refractivity contribution in [1.29, 1.82) is 0 Å². The first-order valence-corrected chi connectivity index (χ1v) is 20.2. The lowest BCUT2D eigenvalue weighted by Gasteiger charge is -2.26. The number of phenolic OH excluding ortho intramolecular Hbond substituents is 4. The van der Waals surface area contributed by atoms with Gasteiger partial charge in [0.1, 0.15) is 23.0 Å². The second kappa shape index (κ2) is 20.0. The highest BCUT2D eigenvalue weighted by Crippen LogP contribution is 2.36. The van der Waals surface area contributed by atoms with E-state index in [2.05, 4.69) is 53.9 Å². The number of morpholine rings is 2. The Balaban J connectivity index is 0.000000186. The van der Waals surface area contributed by atoms with Crippen molar-refractivity contribution in [3.8, 4) is 80.8 Å². The monoisotopic (exact) mass is 840 g/mol. The number of hydrogen-bond donors (Lipinski definition) is 6. The summed E-state index contributed by atoms with van der Waals surface area (Å²) in [4.78, 5) is 29.7. The lowest BCUT2D eigenvalue weighted by molar-refractivity contribution is 0.0341. The fraction of sp³-hybridized carbons (Fsp3) is 0.304. The second-order valence-corrected chi connectivity index (χ2v) is 14.7. The third-order valence-corrected chi connectivity index (χ3v) is 10.5. The maximum absolute atomic E-state index is 12.5. The molecule has 0 saturated carbocycles. The van der Waals surface area contributed by atoms with E-state index in [1.165, 1.54) is 21.3 Å². The molecule has 16 heteroatoms. The summed E-state index contributed by atoms with van der Waals surface area (Å²) in [7, 11) is 0. The summed E-state index contributed by atoms with van der Waals surface area (Å²) >= 11 is 0. The molecule has 0 unspecified atom stereocenters. The van der Waals surface area contributed by atoms with Crippen molar-refractivity contribution < 1.29 is 29.9 Å². The Morgan fingerprint density at radius 3 is 1.29 bits per heavy atom. The minimum absolute atomic E-state index is 0.0547. The van der Waals surface area contributed by atoms with Gasteiger partial charge in [0.15, 0.2) is 11.6 Å². The van der Waals surface area contributed by atoms with E-state index in [-0.39, 0.29) is 34.6 Å². The number of hydrogen-bond acceptors (Lipinski definition) is 12. The van der Waals surface area contributed by atoms with E-state index in [1.54, 1.807) is 26.0 Å². The number of benzene rings is 4. The number of aromatic amines is 2. The number of aromatic nitrogens is 6. The van der Waals surface area contributed by atoms with Crippen molar-refractivity contribution in [2.45, 2.75) is 39.8 Å². The third-order valence-electron chi connectivity index (χ3n) is 10.5. The van der Waals surface area contributed by atoms with Gasteiger partial charge in [-0.15, -0.1) is 11.8 Å². The van der Waals surface area contributed by atoms with E-state index in [0.717, 1.165) is 76.8 Å². The molecule has 0 aliphatic carbocycles. The Labute approximate surface area is 357 Å². The third kappa shape index (κ3) is 10.1. The van der Waals surface area contributed by atoms with Gasteiger partial charge < -0.3 is 29.9 Å². The van der Waals surface area contributed by atoms with Crippen LogP contribution in [0.2, 0.25) is 0 Å². The van der Waals surface area contributed by atoms with E-state index in [0.29, 0.717) is 46.5 Å². The number of nitrogens with one attached hydrogen (secondary N) is 2. The highest BCUT2D eigenvalue weighted by molar-refractivity contribution is 5.70. The van der Waals surface area contributed by atoms with Crippen LogP contribution in [0.5, 0.6) is 23.0 Å². The van der Waals surface area contributed by atoms with Crippen molar-refractivity contribution in [3.05, 3.63) is 116 Å². The Kier molecular flexibility index (Phi) is 13.9. The molecule has 0 spiro atoms. The fourth-order valence-electron chi connectivity index (χ4n) is 7.22. The smallest absolute Gasteiger partial charge is 0.348 e. The number of ether oxygens (including phenoxy) is 2. The molecule has 16 nitrogen and oxygen atoms in total. The molecule has 320 valence electrons. The second-order valence-electron chi connectivity index (χ2n) is 14.7. The highest BCUT2D eigenvalue weighted by atomic mass is 16.5. The highest BCUT2D eigenvalue weighted by Gasteiger charge is 2.21. The average molecular weight is 841 g/mol. The van der Waals surface area contributed by atoms with Gasteiger partial charge in [-0.25, -0.2) is 28.9 Å². The number of rotatable bonds is 10. The summed E-state index contributed by atoms with van der Waals surface area (Å²) in [6.07, 6.45) is 0.640. The first-order valence-electron chi connectivity index (χ1n) is 20.2. The maximum Gasteiger partial charge on any atom is 0.348 e. The quantitative estimate of drug-likeness (QED) is 0.108. The first kappa shape index (κ1) is 43.0. The van der Waals surface area contributed by atoms with E-state index < -0.39 is 11.4 Å². The molecule has 0 bridgehead atoms. The van der Waals surface area contributed by atoms with Gasteiger partial charge in [0, 0.05) is 75.4 Å². The molecule has 8 rings (SSSR count). The number of aromatic hydroxyl groups is 4. The summed E-state index contributed by atoms with van der Waals surface area (Å²) in [5.74, 6) is 11.4. The lowest BCUT2D eigenvalue weighted by Crippen LogP contribution is -2.35. The predicted molar refractivity (Wildman–Crippen MR) is 232 cm³/mol. The molecule has 6 N–H and O–H groups in total. The van der Waals surface area contributed by atoms with Crippen molar-refractivity contribution >= 4 is 0 Å². The largest absolute Gasteiger partial charge is 0.507 e. The summed E-state index contributed by atoms with van der Waals surface area (Å²) in [5, 5.41) is 54.2. The number of H-pyrrole nitrogens is 2. The molecular formula is C46H48N8O8. The van der Waals surface area contributed by atoms with Gasteiger partial charge in [0.2, 0.25) is 0 Å². The van der Waals surface area contributed by atoms with Crippen LogP contribution in [0.15, 0.2) is 82.4 Å². The molecule has 2 aliphatic rings. The van der Waals surface area contributed by atoms with Crippen LogP contribution in [0.4, 0.5) is 0 Å². The molecule has 0 radical (unpaired) electrons. The standard InChI is InChI=1S/2C23H24N4O4/c2*1-2-3-4-17-13-19(21(29)14-20(17)28)22-24-25-23(30)27(22)18-7-5-16(6-8-18)15-26-9-11-31-12-10-26/h2*5-8,13-14,28-29H,4,9-12,15H2,1H3,(H,25,30). The van der Waals surface area contributed by atoms with E-state index >= 15 is 0 Å². The fourth-order valence-corrected chi connectivity index (χ4v) is 7.22. The zero-order valence-electron chi connectivity index (χ0n) is 34.5. The average Bonchev–Trinajstić information content (AvgIpc) is 3.86. The van der Waals surface area contributed by atoms with Gasteiger partial charge in [-0.3, -0.25) is 9.80 Å². The minimum Gasteiger partial charge on any atom is -0.507 e. The van der Waals surface area contributed by atoms with Crippen LogP contribution >= 0.6 is 0 Å². The lowest BCUT2D eigenvalue weighted by atomic mass is 10.0. The molecule has 0 amide bonds. The van der Waals surface area contributed by atoms with Crippen LogP contribution in [0, 0.1) is 23.7 Å². The molecular weight excluding hydrogens is 793 g/mol. The molecule has 6 aromatic rings. The van der Waals surface area contributed by atoms with Crippen molar-refractivity contribution in [3.63, 3.8) is 0 Å². The van der Waals surface area contributed by atoms with Crippen LogP contribution in [0.1, 0.15) is 36.1 Å². The van der Waals surface area contributed by atoms with Crippen molar-refractivity contribution in [1.82, 2.24) is 39.3 Å². The molecule has 2 aliphatic heterocycles. The SMILES string of the molecule is CC#CCc1cc(-c2n[nH]c(=O)n2-c2ccc(CN3CCOCC3)cc2)c(O)cc1O.CC#CCc1cc(-c2n[nH]c(=O)n2-c2ccc(CN3CCOCC3)cc2)c(O)cc1O. The van der Waals surface area contributed by atoms with Gasteiger partial charge in [0.05, 0.1) is 48.9 Å². The number of phenols is 4. The van der Waals surface area contributed by atoms with E-state index in [9.17, 15) is 30.0 Å². The molecule has 62 heavy (non-hydrogen) atoms. The summed E-state index contributed by atoms with van der Waals surface area (Å²) in [6, 6.07) is 21.1. The van der Waals surface area contributed by atoms with Crippen LogP contribution < -0.4 is 11.4 Å². The van der Waals surface area contributed by atoms with Crippen molar-refractivity contribution in [2.75, 3.05) is 52.6 Å². The van der Waals surface area contributed by atoms with E-state index in [4.69, 9.17) is 9.47 Å². The summed E-state index contributed by atoms with van der Waals surface area (Å²) in [5.41, 5.74) is 4.45. The van der Waals surface area contributed by atoms with Crippen molar-refractivity contribution in [2.24, 2.45) is 0 Å². The Bertz CT molecular complexity index is 2550. The Morgan fingerprint density at radius 1 is 0.565 bits per heavy atom. The molecule has 4 aromatic carbocycles. The molecule has 2 saturated heterocycles. The number of nitrogens with zero attached hydrogens (tertiary/aromatic N) is 6. The van der Waals surface area contributed by atoms with E-state index in [1.807, 2.05) is 48.5 Å². The Hall–Kier alpha value is -7.08. The van der Waals surface area contributed by atoms with Gasteiger partial charge >= 0.3 is 11.4 Å². The zero-order chi connectivity index (χ0) is 43.6. The predicted octanol–water partition coefficient (Wildman–Crippen LogP) is 4.07. The Morgan fingerprint density at radius 2 is 0.935 bits per heavy atom. The maximum atomic E-state index is 12.5. The summed E-state index contributed by atoms with van der Waals surface area (Å²) in [6.45, 7) is 11.6. The first-order chi connectivity index (χ1) is 30.1. The molecule has 2 aromatic heterocycles. The topological polar surface area (TPSA) is 207 Å². The van der Waals surface area contributed by atoms with Crippen LogP contribution in [0.3, 0.4) is 0 Å². The van der Waals surface area contributed by atoms with Gasteiger partial charge in [0.25, 0.3) is 0 Å². The van der Waals surface area contributed by atoms with Gasteiger partial charge in [-0.05, 0) is 61.4 Å². The van der Waals surface area contributed by atoms with Gasteiger partial charge in [-0.1, -0.05) is 36.1 Å². The minimum atomic E-state index is -0.418. The van der Waals surface area contributed by atoms with Crippen LogP contribution in [-0.2, 0) is 35.4 Å². The molecule has 2 fully saturated rings. The molecule has 0 atom stereocenters. The zero-order valence-corrected chi connectivity index (χ0v) is 34.5. The van der Waals surface area contributed by atoms with Crippen LogP contribution in [0.25, 0.3) is 34.2 Å². The van der Waals surface area contributed by atoms with Crippen LogP contribution in [-0.4, -0.2) is 112 Å². The summed E-state index contributed by atoms with van der Waals surface area (Å²) < 4.78 is 13.6. The van der Waals surface area contributed by atoms with Gasteiger partial charge in [-0.2, -0.15) is 10.2 Å².